The van der Waals surface area contributed by atoms with Gasteiger partial charge in [0, 0.05) is 19.3 Å². The highest BCUT2D eigenvalue weighted by atomic mass is 16.6. The van der Waals surface area contributed by atoms with Crippen LogP contribution in [0.1, 0.15) is 72.6 Å². The second kappa shape index (κ2) is 6.09. The molecule has 4 aliphatic carbocycles. The Hall–Kier alpha value is -1.32. The number of fused-ring (bicyclic) bond motifs is 7. The second-order valence-corrected chi connectivity index (χ2v) is 10.8. The average Bonchev–Trinajstić information content (AvgIpc) is 3.08. The summed E-state index contributed by atoms with van der Waals surface area (Å²) in [6, 6.07) is 0. The van der Waals surface area contributed by atoms with E-state index in [4.69, 9.17) is 9.47 Å². The lowest BCUT2D eigenvalue weighted by atomic mass is 9.47. The number of carbonyl (C=O) groups is 2. The van der Waals surface area contributed by atoms with Gasteiger partial charge in [-0.1, -0.05) is 32.4 Å². The lowest BCUT2D eigenvalue weighted by molar-refractivity contribution is -0.148. The lowest BCUT2D eigenvalue weighted by Gasteiger charge is -2.58. The molecule has 4 heteroatoms. The zero-order valence-electron chi connectivity index (χ0n) is 17.7. The van der Waals surface area contributed by atoms with Crippen molar-refractivity contribution in [2.24, 2.45) is 40.4 Å². The SMILES string of the molecule is CC(=O)O[C@H]1CC[C@@]2(C)C(=CCC3C4CC5OC(=O)C(C)C5[C@@]4(C)CCC32)C1. The Morgan fingerprint density at radius 1 is 1.21 bits per heavy atom. The van der Waals surface area contributed by atoms with Crippen molar-refractivity contribution in [2.45, 2.75) is 84.8 Å². The van der Waals surface area contributed by atoms with Crippen molar-refractivity contribution in [2.75, 3.05) is 0 Å². The van der Waals surface area contributed by atoms with Crippen LogP contribution in [0.3, 0.4) is 0 Å². The summed E-state index contributed by atoms with van der Waals surface area (Å²) in [4.78, 5) is 23.6. The smallest absolute Gasteiger partial charge is 0.309 e. The summed E-state index contributed by atoms with van der Waals surface area (Å²) >= 11 is 0. The van der Waals surface area contributed by atoms with E-state index in [0.717, 1.165) is 32.1 Å². The van der Waals surface area contributed by atoms with E-state index in [1.165, 1.54) is 25.3 Å². The molecule has 0 bridgehead atoms. The molecule has 5 rings (SSSR count). The molecule has 154 valence electrons. The molecule has 4 fully saturated rings. The molecule has 0 amide bonds. The fourth-order valence-corrected chi connectivity index (χ4v) is 8.41. The minimum atomic E-state index is -0.155. The minimum absolute atomic E-state index is 0.0263. The van der Waals surface area contributed by atoms with E-state index in [2.05, 4.69) is 26.8 Å². The van der Waals surface area contributed by atoms with Crippen molar-refractivity contribution in [1.82, 2.24) is 0 Å². The highest BCUT2D eigenvalue weighted by Gasteiger charge is 2.65. The van der Waals surface area contributed by atoms with Gasteiger partial charge in [0.05, 0.1) is 5.92 Å². The molecule has 28 heavy (non-hydrogen) atoms. The first-order chi connectivity index (χ1) is 13.2. The standard InChI is InChI=1S/C24H34O4/c1-13-21-20(28-22(13)26)12-19-17-6-5-15-11-16(27-14(2)25)7-9-23(15,3)18(17)8-10-24(19,21)4/h5,13,16-21H,6-12H2,1-4H3/t13?,16-,17?,18?,19?,20?,21?,23-,24-/m0/s1. The van der Waals surface area contributed by atoms with Crippen LogP contribution in [0, 0.1) is 40.4 Å². The van der Waals surface area contributed by atoms with Crippen molar-refractivity contribution < 1.29 is 19.1 Å². The molecule has 1 saturated heterocycles. The van der Waals surface area contributed by atoms with E-state index >= 15 is 0 Å². The highest BCUT2D eigenvalue weighted by Crippen LogP contribution is 2.68. The van der Waals surface area contributed by atoms with Gasteiger partial charge in [-0.2, -0.15) is 0 Å². The molecule has 4 nitrogen and oxygen atoms in total. The van der Waals surface area contributed by atoms with Crippen molar-refractivity contribution in [3.63, 3.8) is 0 Å². The van der Waals surface area contributed by atoms with Gasteiger partial charge < -0.3 is 9.47 Å². The summed E-state index contributed by atoms with van der Waals surface area (Å²) < 4.78 is 11.4. The van der Waals surface area contributed by atoms with Gasteiger partial charge >= 0.3 is 11.9 Å². The van der Waals surface area contributed by atoms with Crippen molar-refractivity contribution in [1.29, 1.82) is 0 Å². The Bertz CT molecular complexity index is 741. The van der Waals surface area contributed by atoms with E-state index in [1.807, 2.05) is 0 Å². The normalized spacial score (nSPS) is 51.9. The third kappa shape index (κ3) is 2.42. The Morgan fingerprint density at radius 2 is 2.00 bits per heavy atom. The first kappa shape index (κ1) is 18.7. The van der Waals surface area contributed by atoms with Crippen LogP contribution < -0.4 is 0 Å². The monoisotopic (exact) mass is 386 g/mol. The minimum Gasteiger partial charge on any atom is -0.462 e. The summed E-state index contributed by atoms with van der Waals surface area (Å²) in [5.41, 5.74) is 2.03. The molecule has 9 atom stereocenters. The van der Waals surface area contributed by atoms with Gasteiger partial charge in [-0.25, -0.2) is 0 Å². The van der Waals surface area contributed by atoms with Crippen LogP contribution in [0.5, 0.6) is 0 Å². The Balaban J connectivity index is 1.42. The first-order valence-electron chi connectivity index (χ1n) is 11.3. The van der Waals surface area contributed by atoms with E-state index in [0.29, 0.717) is 23.7 Å². The average molecular weight is 387 g/mol. The Kier molecular flexibility index (Phi) is 4.07. The van der Waals surface area contributed by atoms with Crippen molar-refractivity contribution in [3.8, 4) is 0 Å². The molecule has 0 radical (unpaired) electrons. The second-order valence-electron chi connectivity index (χ2n) is 10.8. The van der Waals surface area contributed by atoms with Crippen LogP contribution in [-0.2, 0) is 19.1 Å². The van der Waals surface area contributed by atoms with Gasteiger partial charge in [-0.15, -0.1) is 0 Å². The van der Waals surface area contributed by atoms with Crippen molar-refractivity contribution in [3.05, 3.63) is 11.6 Å². The van der Waals surface area contributed by atoms with Gasteiger partial charge in [0.15, 0.2) is 0 Å². The molecular formula is C24H34O4. The fraction of sp³-hybridized carbons (Fsp3) is 0.833. The number of esters is 2. The number of ether oxygens (including phenoxy) is 2. The molecule has 0 N–H and O–H groups in total. The molecule has 0 spiro atoms. The van der Waals surface area contributed by atoms with Gasteiger partial charge in [0.1, 0.15) is 12.2 Å². The zero-order valence-corrected chi connectivity index (χ0v) is 17.7. The Labute approximate surface area is 168 Å². The maximum Gasteiger partial charge on any atom is 0.309 e. The maximum atomic E-state index is 12.2. The molecule has 5 aliphatic rings. The number of rotatable bonds is 1. The summed E-state index contributed by atoms with van der Waals surface area (Å²) in [6.45, 7) is 8.53. The summed E-state index contributed by atoms with van der Waals surface area (Å²) in [5, 5.41) is 0. The van der Waals surface area contributed by atoms with Crippen LogP contribution in [0.4, 0.5) is 0 Å². The third-order valence-corrected chi connectivity index (χ3v) is 9.66. The first-order valence-corrected chi connectivity index (χ1v) is 11.3. The van der Waals surface area contributed by atoms with Crippen LogP contribution in [-0.4, -0.2) is 24.1 Å². The molecule has 6 unspecified atom stereocenters. The molecule has 0 aromatic rings. The largest absolute Gasteiger partial charge is 0.462 e. The Morgan fingerprint density at radius 3 is 2.75 bits per heavy atom. The predicted octanol–water partition coefficient (Wildman–Crippen LogP) is 4.67. The van der Waals surface area contributed by atoms with E-state index in [1.54, 1.807) is 0 Å². The molecule has 0 aromatic heterocycles. The van der Waals surface area contributed by atoms with E-state index < -0.39 is 0 Å². The van der Waals surface area contributed by atoms with Crippen molar-refractivity contribution >= 4 is 11.9 Å². The molecule has 1 aliphatic heterocycles. The zero-order chi connectivity index (χ0) is 19.8. The van der Waals surface area contributed by atoms with Gasteiger partial charge in [0.2, 0.25) is 0 Å². The van der Waals surface area contributed by atoms with Crippen LogP contribution in [0.2, 0.25) is 0 Å². The quantitative estimate of drug-likeness (QED) is 0.485. The highest BCUT2D eigenvalue weighted by molar-refractivity contribution is 5.75. The molecule has 3 saturated carbocycles. The summed E-state index contributed by atoms with van der Waals surface area (Å²) in [5.74, 6) is 2.42. The van der Waals surface area contributed by atoms with Crippen LogP contribution in [0.15, 0.2) is 11.6 Å². The number of allylic oxidation sites excluding steroid dienone is 1. The topological polar surface area (TPSA) is 52.6 Å². The van der Waals surface area contributed by atoms with Gasteiger partial charge in [0.25, 0.3) is 0 Å². The molecular weight excluding hydrogens is 352 g/mol. The summed E-state index contributed by atoms with van der Waals surface area (Å²) in [7, 11) is 0. The predicted molar refractivity (Wildman–Crippen MR) is 105 cm³/mol. The van der Waals surface area contributed by atoms with E-state index in [9.17, 15) is 9.59 Å². The maximum absolute atomic E-state index is 12.2. The third-order valence-electron chi connectivity index (χ3n) is 9.66. The number of carbonyl (C=O) groups excluding carboxylic acids is 2. The fourth-order valence-electron chi connectivity index (χ4n) is 8.41. The molecule has 0 aromatic carbocycles. The van der Waals surface area contributed by atoms with Crippen LogP contribution >= 0.6 is 0 Å². The number of hydrogen-bond donors (Lipinski definition) is 0. The van der Waals surface area contributed by atoms with Gasteiger partial charge in [-0.3, -0.25) is 9.59 Å². The van der Waals surface area contributed by atoms with Crippen LogP contribution in [0.25, 0.3) is 0 Å². The van der Waals surface area contributed by atoms with Gasteiger partial charge in [-0.05, 0) is 67.1 Å². The number of hydrogen-bond acceptors (Lipinski definition) is 4. The van der Waals surface area contributed by atoms with E-state index in [-0.39, 0.29) is 40.9 Å². The lowest BCUT2D eigenvalue weighted by Crippen LogP contribution is -2.51. The molecule has 1 heterocycles. The summed E-state index contributed by atoms with van der Waals surface area (Å²) in [6.07, 6.45) is 10.4.